The molecule has 0 fully saturated rings. The van der Waals surface area contributed by atoms with Crippen molar-refractivity contribution in [2.75, 3.05) is 0 Å². The van der Waals surface area contributed by atoms with Gasteiger partial charge in [0.15, 0.2) is 0 Å². The lowest BCUT2D eigenvalue weighted by atomic mass is 10.7. The number of nitrogens with one attached hydrogen (secondary N) is 1. The Hall–Kier alpha value is -0.440. The molecule has 0 aliphatic rings. The van der Waals surface area contributed by atoms with Gasteiger partial charge in [-0.1, -0.05) is 12.2 Å². The first-order valence-corrected chi connectivity index (χ1v) is 1.82. The molecule has 0 spiro atoms. The van der Waals surface area contributed by atoms with Crippen molar-refractivity contribution < 1.29 is 4.79 Å². The Morgan fingerprint density at radius 3 is 2.50 bits per heavy atom. The predicted octanol–water partition coefficient (Wildman–Crippen LogP) is -0.0433. The number of thiocarbonyl (C=S) groups is 1. The number of carbonyl (C=O) groups excluding carboxylic acids is 1. The van der Waals surface area contributed by atoms with Gasteiger partial charge in [-0.15, -0.1) is 0 Å². The van der Waals surface area contributed by atoms with Gasteiger partial charge in [0, 0.05) is 6.92 Å². The molecule has 33 valence electrons. The Morgan fingerprint density at radius 1 is 2.00 bits per heavy atom. The Kier molecular flexibility index (Phi) is 2.58. The molecule has 0 aromatic rings. The molecular weight excluding hydrogens is 98.1 g/mol. The number of amides is 1. The topological polar surface area (TPSA) is 29.1 Å². The highest BCUT2D eigenvalue weighted by Gasteiger charge is 1.78. The van der Waals surface area contributed by atoms with Crippen molar-refractivity contribution in [3.63, 3.8) is 0 Å². The fourth-order valence-electron chi connectivity index (χ4n) is 0.0719. The van der Waals surface area contributed by atoms with E-state index in [1.54, 1.807) is 0 Å². The van der Waals surface area contributed by atoms with Crippen molar-refractivity contribution in [3.05, 3.63) is 0 Å². The molecule has 0 saturated heterocycles. The molecule has 1 N–H and O–H groups in total. The molecule has 0 rings (SSSR count). The van der Waals surface area contributed by atoms with E-state index in [4.69, 9.17) is 0 Å². The quantitative estimate of drug-likeness (QED) is 0.371. The monoisotopic (exact) mass is 102 g/mol. The van der Waals surface area contributed by atoms with Crippen LogP contribution >= 0.6 is 12.2 Å². The first kappa shape index (κ1) is 5.56. The van der Waals surface area contributed by atoms with Gasteiger partial charge in [0.05, 0.1) is 0 Å². The summed E-state index contributed by atoms with van der Waals surface area (Å²) in [5.74, 6) is -0.176. The summed E-state index contributed by atoms with van der Waals surface area (Å²) < 4.78 is 0. The van der Waals surface area contributed by atoms with Gasteiger partial charge in [-0.05, 0) is 0 Å². The molecule has 0 aliphatic heterocycles. The number of carbonyl (C=O) groups is 1. The largest absolute Gasteiger partial charge is 0.315 e. The Morgan fingerprint density at radius 2 is 2.50 bits per heavy atom. The second-order valence-electron chi connectivity index (χ2n) is 0.783. The van der Waals surface area contributed by atoms with Crippen molar-refractivity contribution in [2.24, 2.45) is 0 Å². The van der Waals surface area contributed by atoms with Crippen LogP contribution in [0.25, 0.3) is 0 Å². The van der Waals surface area contributed by atoms with Crippen LogP contribution in [0.2, 0.25) is 0 Å². The molecule has 2 nitrogen and oxygen atoms in total. The lowest BCUT2D eigenvalue weighted by Gasteiger charge is -1.80. The highest BCUT2D eigenvalue weighted by Crippen LogP contribution is 1.50. The van der Waals surface area contributed by atoms with E-state index in [2.05, 4.69) is 23.0 Å². The molecule has 0 bridgehead atoms. The highest BCUT2D eigenvalue weighted by atomic mass is 32.1. The minimum atomic E-state index is -0.176. The van der Waals surface area contributed by atoms with Gasteiger partial charge in [-0.2, -0.15) is 0 Å². The summed E-state index contributed by atoms with van der Waals surface area (Å²) in [6.07, 6.45) is 0. The zero-order valence-electron chi connectivity index (χ0n) is 3.32. The molecule has 0 unspecified atom stereocenters. The molecule has 0 atom stereocenters. The number of rotatable bonds is 1. The fourth-order valence-corrected chi connectivity index (χ4v) is 0.216. The number of hydrogen-bond acceptors (Lipinski definition) is 2. The Balaban J connectivity index is 3.05. The van der Waals surface area contributed by atoms with E-state index in [0.29, 0.717) is 0 Å². The summed E-state index contributed by atoms with van der Waals surface area (Å²) in [5.41, 5.74) is 2.05. The summed E-state index contributed by atoms with van der Waals surface area (Å²) >= 11 is 4.15. The molecule has 0 aromatic carbocycles. The third-order valence-electron chi connectivity index (χ3n) is 0.227. The first-order chi connectivity index (χ1) is 2.77. The van der Waals surface area contributed by atoms with Gasteiger partial charge in [0.25, 0.3) is 0 Å². The summed E-state index contributed by atoms with van der Waals surface area (Å²) in [7, 11) is 0. The summed E-state index contributed by atoms with van der Waals surface area (Å²) in [4.78, 5) is 9.80. The number of hydrogen-bond donors (Lipinski definition) is 1. The maximum Gasteiger partial charge on any atom is 0.221 e. The van der Waals surface area contributed by atoms with Crippen LogP contribution in [0.4, 0.5) is 0 Å². The fraction of sp³-hybridized carbons (Fsp3) is 0.333. The van der Waals surface area contributed by atoms with Crippen LogP contribution in [0.1, 0.15) is 6.92 Å². The van der Waals surface area contributed by atoms with E-state index in [9.17, 15) is 4.79 Å². The average Bonchev–Trinajstić information content (AvgIpc) is 1.35. The van der Waals surface area contributed by atoms with E-state index in [1.807, 2.05) is 0 Å². The van der Waals surface area contributed by atoms with E-state index in [-0.39, 0.29) is 5.91 Å². The second-order valence-corrected chi connectivity index (χ2v) is 0.987. The van der Waals surface area contributed by atoms with E-state index in [1.165, 1.54) is 6.92 Å². The molecular formula is C3H4NOS. The van der Waals surface area contributed by atoms with Crippen molar-refractivity contribution in [1.29, 1.82) is 0 Å². The van der Waals surface area contributed by atoms with E-state index in [0.717, 1.165) is 0 Å². The van der Waals surface area contributed by atoms with Crippen LogP contribution in [0.5, 0.6) is 0 Å². The zero-order valence-corrected chi connectivity index (χ0v) is 4.13. The standard InChI is InChI=1S/C3H4NOS/c1-3(5)4-2-6/h1H3,(H,4,5,6). The molecule has 1 amide bonds. The van der Waals surface area contributed by atoms with Gasteiger partial charge in [-0.25, -0.2) is 0 Å². The SMILES string of the molecule is CC(=O)N[C]=S. The Bertz CT molecular complexity index is 71.2. The molecule has 3 heteroatoms. The van der Waals surface area contributed by atoms with Gasteiger partial charge < -0.3 is 5.32 Å². The third-order valence-corrected chi connectivity index (χ3v) is 0.329. The minimum absolute atomic E-state index is 0.176. The van der Waals surface area contributed by atoms with Crippen LogP contribution in [0, 0.1) is 0 Å². The van der Waals surface area contributed by atoms with Gasteiger partial charge in [-0.3, -0.25) is 4.79 Å². The smallest absolute Gasteiger partial charge is 0.221 e. The van der Waals surface area contributed by atoms with E-state index >= 15 is 0 Å². The highest BCUT2D eigenvalue weighted by molar-refractivity contribution is 7.78. The van der Waals surface area contributed by atoms with Gasteiger partial charge in [0.1, 0.15) is 5.49 Å². The normalized spacial score (nSPS) is 6.83. The summed E-state index contributed by atoms with van der Waals surface area (Å²) in [6.45, 7) is 1.37. The van der Waals surface area contributed by atoms with Crippen molar-refractivity contribution in [1.82, 2.24) is 5.32 Å². The molecule has 0 heterocycles. The lowest BCUT2D eigenvalue weighted by Crippen LogP contribution is -2.15. The first-order valence-electron chi connectivity index (χ1n) is 1.41. The molecule has 0 saturated carbocycles. The van der Waals surface area contributed by atoms with Gasteiger partial charge >= 0.3 is 0 Å². The average molecular weight is 102 g/mol. The van der Waals surface area contributed by atoms with Crippen LogP contribution < -0.4 is 5.32 Å². The van der Waals surface area contributed by atoms with Gasteiger partial charge in [0.2, 0.25) is 5.91 Å². The molecule has 0 aromatic heterocycles. The summed E-state index contributed by atoms with van der Waals surface area (Å²) in [6, 6.07) is 0. The molecule has 6 heavy (non-hydrogen) atoms. The molecule has 1 radical (unpaired) electrons. The van der Waals surface area contributed by atoms with Crippen LogP contribution in [-0.2, 0) is 4.79 Å². The van der Waals surface area contributed by atoms with Crippen molar-refractivity contribution in [3.8, 4) is 0 Å². The van der Waals surface area contributed by atoms with E-state index < -0.39 is 0 Å². The van der Waals surface area contributed by atoms with Crippen LogP contribution in [0.15, 0.2) is 0 Å². The third kappa shape index (κ3) is 3.56. The predicted molar refractivity (Wildman–Crippen MR) is 26.4 cm³/mol. The van der Waals surface area contributed by atoms with Crippen LogP contribution in [0.3, 0.4) is 0 Å². The second kappa shape index (κ2) is 2.78. The minimum Gasteiger partial charge on any atom is -0.315 e. The maximum atomic E-state index is 9.80. The van der Waals surface area contributed by atoms with Crippen molar-refractivity contribution >= 4 is 23.6 Å². The van der Waals surface area contributed by atoms with Crippen LogP contribution in [-0.4, -0.2) is 11.4 Å². The zero-order chi connectivity index (χ0) is 4.99. The Labute approximate surface area is 41.5 Å². The summed E-state index contributed by atoms with van der Waals surface area (Å²) in [5, 5.41) is 2.13. The lowest BCUT2D eigenvalue weighted by molar-refractivity contribution is -0.117. The van der Waals surface area contributed by atoms with Crippen molar-refractivity contribution in [2.45, 2.75) is 6.92 Å². The maximum absolute atomic E-state index is 9.80. The molecule has 0 aliphatic carbocycles.